The van der Waals surface area contributed by atoms with E-state index in [1.54, 1.807) is 0 Å². The number of benzene rings is 1. The molecule has 1 heterocycles. The number of nitrogens with one attached hydrogen (secondary N) is 1. The lowest BCUT2D eigenvalue weighted by atomic mass is 10.1. The summed E-state index contributed by atoms with van der Waals surface area (Å²) in [5.74, 6) is -5.38. The van der Waals surface area contributed by atoms with Crippen molar-refractivity contribution in [1.29, 1.82) is 0 Å². The molecule has 0 aromatic heterocycles. The second-order valence-electron chi connectivity index (χ2n) is 4.65. The summed E-state index contributed by atoms with van der Waals surface area (Å²) in [6.45, 7) is 3.21. The minimum atomic E-state index is -1.36. The van der Waals surface area contributed by atoms with E-state index in [0.717, 1.165) is 6.42 Å². The van der Waals surface area contributed by atoms with Crippen molar-refractivity contribution in [2.45, 2.75) is 25.8 Å². The highest BCUT2D eigenvalue weighted by Crippen LogP contribution is 2.28. The van der Waals surface area contributed by atoms with Gasteiger partial charge in [-0.25, -0.2) is 17.6 Å². The topological polar surface area (TPSA) is 15.3 Å². The van der Waals surface area contributed by atoms with Crippen molar-refractivity contribution in [3.05, 3.63) is 29.3 Å². The highest BCUT2D eigenvalue weighted by molar-refractivity contribution is 5.50. The summed E-state index contributed by atoms with van der Waals surface area (Å²) in [7, 11) is 0. The molecule has 1 aliphatic rings. The zero-order valence-electron chi connectivity index (χ0n) is 10.6. The normalized spacial score (nSPS) is 20.5. The first-order valence-electron chi connectivity index (χ1n) is 6.36. The van der Waals surface area contributed by atoms with Crippen molar-refractivity contribution in [2.75, 3.05) is 24.5 Å². The van der Waals surface area contributed by atoms with Crippen LogP contribution in [0.15, 0.2) is 6.07 Å². The van der Waals surface area contributed by atoms with Crippen LogP contribution in [-0.2, 0) is 0 Å². The van der Waals surface area contributed by atoms with Crippen LogP contribution in [0.2, 0.25) is 0 Å². The molecule has 1 atom stereocenters. The van der Waals surface area contributed by atoms with Gasteiger partial charge >= 0.3 is 0 Å². The predicted molar refractivity (Wildman–Crippen MR) is 65.2 cm³/mol. The monoisotopic (exact) mass is 276 g/mol. The summed E-state index contributed by atoms with van der Waals surface area (Å²) in [5, 5.41) is 3.23. The van der Waals surface area contributed by atoms with Crippen molar-refractivity contribution < 1.29 is 17.6 Å². The molecule has 1 N–H and O–H groups in total. The third-order valence-electron chi connectivity index (χ3n) is 3.46. The lowest BCUT2D eigenvalue weighted by Gasteiger charge is -2.23. The van der Waals surface area contributed by atoms with Gasteiger partial charge in [0.1, 0.15) is 5.69 Å². The molecule has 1 saturated heterocycles. The molecule has 6 heteroatoms. The molecule has 1 unspecified atom stereocenters. The minimum absolute atomic E-state index is 0.235. The van der Waals surface area contributed by atoms with Crippen LogP contribution in [0.25, 0.3) is 0 Å². The molecule has 19 heavy (non-hydrogen) atoms. The molecule has 1 fully saturated rings. The number of anilines is 1. The van der Waals surface area contributed by atoms with Crippen LogP contribution in [0.4, 0.5) is 23.2 Å². The summed E-state index contributed by atoms with van der Waals surface area (Å²) >= 11 is 0. The van der Waals surface area contributed by atoms with Gasteiger partial charge in [-0.15, -0.1) is 0 Å². The van der Waals surface area contributed by atoms with E-state index in [1.807, 2.05) is 6.92 Å². The molecule has 1 aliphatic heterocycles. The van der Waals surface area contributed by atoms with Gasteiger partial charge in [0.05, 0.1) is 0 Å². The summed E-state index contributed by atoms with van der Waals surface area (Å²) in [6.07, 6.45) is 1.57. The van der Waals surface area contributed by atoms with E-state index in [9.17, 15) is 17.6 Å². The molecule has 0 radical (unpaired) electrons. The van der Waals surface area contributed by atoms with Gasteiger partial charge in [-0.3, -0.25) is 0 Å². The van der Waals surface area contributed by atoms with E-state index >= 15 is 0 Å². The Kier molecular flexibility index (Phi) is 4.29. The third-order valence-corrected chi connectivity index (χ3v) is 3.46. The molecular formula is C13H16F4N2. The Morgan fingerprint density at radius 2 is 1.79 bits per heavy atom. The molecule has 2 rings (SSSR count). The summed E-state index contributed by atoms with van der Waals surface area (Å²) < 4.78 is 53.8. The fourth-order valence-electron chi connectivity index (χ4n) is 2.34. The highest BCUT2D eigenvalue weighted by Gasteiger charge is 2.25. The Morgan fingerprint density at radius 1 is 1.16 bits per heavy atom. The zero-order chi connectivity index (χ0) is 14.0. The van der Waals surface area contributed by atoms with Crippen molar-refractivity contribution in [3.8, 4) is 0 Å². The van der Waals surface area contributed by atoms with Gasteiger partial charge in [-0.05, 0) is 12.8 Å². The van der Waals surface area contributed by atoms with Crippen LogP contribution < -0.4 is 10.2 Å². The van der Waals surface area contributed by atoms with E-state index in [1.165, 1.54) is 4.90 Å². The van der Waals surface area contributed by atoms with Crippen molar-refractivity contribution in [2.24, 2.45) is 0 Å². The maximum Gasteiger partial charge on any atom is 0.185 e. The number of nitrogens with zero attached hydrogens (tertiary/aromatic N) is 1. The number of hydrogen-bond acceptors (Lipinski definition) is 2. The molecule has 2 nitrogen and oxygen atoms in total. The van der Waals surface area contributed by atoms with Crippen LogP contribution in [0.1, 0.15) is 19.8 Å². The smallest absolute Gasteiger partial charge is 0.185 e. The van der Waals surface area contributed by atoms with E-state index in [0.29, 0.717) is 26.1 Å². The van der Waals surface area contributed by atoms with E-state index in [-0.39, 0.29) is 12.1 Å². The Balaban J connectivity index is 2.31. The van der Waals surface area contributed by atoms with Crippen molar-refractivity contribution in [1.82, 2.24) is 5.32 Å². The van der Waals surface area contributed by atoms with E-state index < -0.39 is 29.0 Å². The molecule has 0 saturated carbocycles. The average Bonchev–Trinajstić information content (AvgIpc) is 2.62. The standard InChI is InChI=1S/C13H16F4N2/c1-2-8-3-5-19(6-4-18-8)13-11(16)9(14)7-10(15)12(13)17/h7-8,18H,2-6H2,1H3. The van der Waals surface area contributed by atoms with E-state index in [4.69, 9.17) is 0 Å². The molecule has 0 bridgehead atoms. The van der Waals surface area contributed by atoms with Gasteiger partial charge in [0.15, 0.2) is 23.3 Å². The van der Waals surface area contributed by atoms with Crippen LogP contribution >= 0.6 is 0 Å². The lowest BCUT2D eigenvalue weighted by molar-refractivity contribution is 0.451. The Hall–Kier alpha value is -1.30. The summed E-state index contributed by atoms with van der Waals surface area (Å²) in [6, 6.07) is 0.494. The summed E-state index contributed by atoms with van der Waals surface area (Å²) in [4.78, 5) is 1.36. The zero-order valence-corrected chi connectivity index (χ0v) is 10.6. The Labute approximate surface area is 109 Å². The molecule has 1 aromatic carbocycles. The van der Waals surface area contributed by atoms with Crippen LogP contribution in [0.3, 0.4) is 0 Å². The third kappa shape index (κ3) is 2.83. The SMILES string of the molecule is CCC1CCN(c2c(F)c(F)cc(F)c2F)CCN1. The molecule has 0 aliphatic carbocycles. The average molecular weight is 276 g/mol. The molecule has 0 amide bonds. The second kappa shape index (κ2) is 5.77. The van der Waals surface area contributed by atoms with E-state index in [2.05, 4.69) is 5.32 Å². The fraction of sp³-hybridized carbons (Fsp3) is 0.538. The second-order valence-corrected chi connectivity index (χ2v) is 4.65. The first kappa shape index (κ1) is 14.1. The fourth-order valence-corrected chi connectivity index (χ4v) is 2.34. The molecule has 106 valence electrons. The van der Waals surface area contributed by atoms with Gasteiger partial charge in [0, 0.05) is 31.7 Å². The van der Waals surface area contributed by atoms with Gasteiger partial charge in [-0.2, -0.15) is 0 Å². The quantitative estimate of drug-likeness (QED) is 0.660. The van der Waals surface area contributed by atoms with Crippen LogP contribution in [0, 0.1) is 23.3 Å². The van der Waals surface area contributed by atoms with Crippen molar-refractivity contribution in [3.63, 3.8) is 0 Å². The number of halogens is 4. The van der Waals surface area contributed by atoms with Crippen LogP contribution in [0.5, 0.6) is 0 Å². The van der Waals surface area contributed by atoms with Crippen molar-refractivity contribution >= 4 is 5.69 Å². The van der Waals surface area contributed by atoms with Gasteiger partial charge in [-0.1, -0.05) is 6.92 Å². The summed E-state index contributed by atoms with van der Waals surface area (Å²) in [5.41, 5.74) is -0.601. The first-order valence-corrected chi connectivity index (χ1v) is 6.36. The number of rotatable bonds is 2. The maximum atomic E-state index is 13.7. The minimum Gasteiger partial charge on any atom is -0.365 e. The Bertz CT molecular complexity index is 438. The van der Waals surface area contributed by atoms with Gasteiger partial charge in [0.2, 0.25) is 0 Å². The predicted octanol–water partition coefficient (Wildman–Crippen LogP) is 2.82. The first-order chi connectivity index (χ1) is 9.04. The molecule has 1 aromatic rings. The highest BCUT2D eigenvalue weighted by atomic mass is 19.2. The lowest BCUT2D eigenvalue weighted by Crippen LogP contribution is -2.31. The maximum absolute atomic E-state index is 13.7. The largest absolute Gasteiger partial charge is 0.365 e. The molecule has 0 spiro atoms. The molecular weight excluding hydrogens is 260 g/mol. The van der Waals surface area contributed by atoms with Gasteiger partial charge in [0.25, 0.3) is 0 Å². The Morgan fingerprint density at radius 3 is 2.37 bits per heavy atom. The van der Waals surface area contributed by atoms with Gasteiger partial charge < -0.3 is 10.2 Å². The van der Waals surface area contributed by atoms with Crippen LogP contribution in [-0.4, -0.2) is 25.7 Å². The number of hydrogen-bond donors (Lipinski definition) is 1.